The summed E-state index contributed by atoms with van der Waals surface area (Å²) in [6.45, 7) is 0.502. The van der Waals surface area contributed by atoms with Crippen LogP contribution in [0.15, 0.2) is 30.3 Å². The summed E-state index contributed by atoms with van der Waals surface area (Å²) < 4.78 is 5.34. The average molecular weight is 289 g/mol. The van der Waals surface area contributed by atoms with Gasteiger partial charge in [-0.2, -0.15) is 0 Å². The first kappa shape index (κ1) is 13.9. The molecule has 1 saturated carbocycles. The maximum Gasteiger partial charge on any atom is 0.410 e. The van der Waals surface area contributed by atoms with Crippen LogP contribution >= 0.6 is 0 Å². The summed E-state index contributed by atoms with van der Waals surface area (Å²) in [6.07, 6.45) is 2.17. The zero-order valence-corrected chi connectivity index (χ0v) is 11.8. The minimum atomic E-state index is -0.804. The third-order valence-corrected chi connectivity index (χ3v) is 4.61. The molecule has 2 bridgehead atoms. The minimum Gasteiger partial charge on any atom is -0.481 e. The maximum atomic E-state index is 12.2. The molecule has 2 fully saturated rings. The number of likely N-dealkylation sites (tertiary alicyclic amines) is 1. The fourth-order valence-corrected chi connectivity index (χ4v) is 3.46. The topological polar surface area (TPSA) is 66.8 Å². The molecule has 1 aromatic carbocycles. The summed E-state index contributed by atoms with van der Waals surface area (Å²) in [5, 5.41) is 9.29. The van der Waals surface area contributed by atoms with Gasteiger partial charge in [0.1, 0.15) is 6.61 Å². The molecule has 3 rings (SSSR count). The first-order chi connectivity index (χ1) is 10.1. The van der Waals surface area contributed by atoms with Gasteiger partial charge >= 0.3 is 12.1 Å². The number of piperidine rings is 1. The van der Waals surface area contributed by atoms with Gasteiger partial charge in [0.25, 0.3) is 0 Å². The Morgan fingerprint density at radius 1 is 1.24 bits per heavy atom. The van der Waals surface area contributed by atoms with Crippen molar-refractivity contribution in [1.82, 2.24) is 4.90 Å². The predicted molar refractivity (Wildman–Crippen MR) is 75.6 cm³/mol. The van der Waals surface area contributed by atoms with E-state index in [1.165, 1.54) is 0 Å². The molecule has 1 aliphatic heterocycles. The van der Waals surface area contributed by atoms with Gasteiger partial charge in [0, 0.05) is 12.6 Å². The highest BCUT2D eigenvalue weighted by molar-refractivity contribution is 5.74. The molecule has 2 aliphatic rings. The van der Waals surface area contributed by atoms with E-state index in [4.69, 9.17) is 4.74 Å². The van der Waals surface area contributed by atoms with Gasteiger partial charge in [-0.3, -0.25) is 4.79 Å². The van der Waals surface area contributed by atoms with E-state index in [9.17, 15) is 14.7 Å². The number of carboxylic acid groups (broad SMARTS) is 1. The second-order valence-corrected chi connectivity index (χ2v) is 5.86. The summed E-state index contributed by atoms with van der Waals surface area (Å²) >= 11 is 0. The lowest BCUT2D eigenvalue weighted by molar-refractivity contribution is -0.145. The second kappa shape index (κ2) is 5.76. The van der Waals surface area contributed by atoms with Gasteiger partial charge in [0.2, 0.25) is 0 Å². The number of nitrogens with zero attached hydrogens (tertiary/aromatic N) is 1. The van der Waals surface area contributed by atoms with E-state index in [1.54, 1.807) is 4.90 Å². The molecule has 21 heavy (non-hydrogen) atoms. The van der Waals surface area contributed by atoms with Gasteiger partial charge in [0.05, 0.1) is 5.92 Å². The van der Waals surface area contributed by atoms with Gasteiger partial charge in [0.15, 0.2) is 0 Å². The molecule has 1 saturated heterocycles. The third-order valence-electron chi connectivity index (χ3n) is 4.61. The average Bonchev–Trinajstić information content (AvgIpc) is 2.89. The standard InChI is InChI=1S/C16H19NO4/c18-15(19)14-9-17(13-7-6-12(14)8-13)16(20)21-10-11-4-2-1-3-5-11/h1-5,12-14H,6-10H2,(H,18,19). The quantitative estimate of drug-likeness (QED) is 0.928. The Balaban J connectivity index is 1.62. The largest absolute Gasteiger partial charge is 0.481 e. The van der Waals surface area contributed by atoms with E-state index >= 15 is 0 Å². The molecule has 1 heterocycles. The normalized spacial score (nSPS) is 27.4. The van der Waals surface area contributed by atoms with Gasteiger partial charge in [-0.1, -0.05) is 30.3 Å². The highest BCUT2D eigenvalue weighted by atomic mass is 16.6. The van der Waals surface area contributed by atoms with Crippen LogP contribution in [-0.4, -0.2) is 34.7 Å². The molecule has 1 amide bonds. The fourth-order valence-electron chi connectivity index (χ4n) is 3.46. The molecule has 1 aliphatic carbocycles. The van der Waals surface area contributed by atoms with Crippen LogP contribution in [0.3, 0.4) is 0 Å². The summed E-state index contributed by atoms with van der Waals surface area (Å²) in [6, 6.07) is 9.64. The first-order valence-electron chi connectivity index (χ1n) is 7.35. The van der Waals surface area contributed by atoms with Crippen LogP contribution in [0, 0.1) is 11.8 Å². The Kier molecular flexibility index (Phi) is 3.82. The Hall–Kier alpha value is -2.04. The highest BCUT2D eigenvalue weighted by Crippen LogP contribution is 2.40. The molecule has 5 heteroatoms. The number of benzene rings is 1. The smallest absolute Gasteiger partial charge is 0.410 e. The van der Waals surface area contributed by atoms with Crippen LogP contribution in [-0.2, 0) is 16.1 Å². The van der Waals surface area contributed by atoms with Crippen molar-refractivity contribution in [2.45, 2.75) is 31.9 Å². The Morgan fingerprint density at radius 3 is 2.71 bits per heavy atom. The van der Waals surface area contributed by atoms with E-state index in [1.807, 2.05) is 30.3 Å². The second-order valence-electron chi connectivity index (χ2n) is 5.86. The molecule has 1 aromatic rings. The van der Waals surface area contributed by atoms with Crippen molar-refractivity contribution in [3.63, 3.8) is 0 Å². The minimum absolute atomic E-state index is 0.147. The first-order valence-corrected chi connectivity index (χ1v) is 7.35. The molecule has 5 nitrogen and oxygen atoms in total. The Morgan fingerprint density at radius 2 is 2.00 bits per heavy atom. The summed E-state index contributed by atoms with van der Waals surface area (Å²) in [5.74, 6) is -1.04. The Labute approximate surface area is 123 Å². The molecule has 0 aromatic heterocycles. The molecule has 0 radical (unpaired) electrons. The number of amides is 1. The number of hydrogen-bond acceptors (Lipinski definition) is 3. The molecule has 3 unspecified atom stereocenters. The lowest BCUT2D eigenvalue weighted by Crippen LogP contribution is -2.48. The molecule has 3 atom stereocenters. The molecular formula is C16H19NO4. The summed E-state index contributed by atoms with van der Waals surface area (Å²) in [7, 11) is 0. The number of aliphatic carboxylic acids is 1. The number of ether oxygens (including phenoxy) is 1. The van der Waals surface area contributed by atoms with Crippen molar-refractivity contribution < 1.29 is 19.4 Å². The third kappa shape index (κ3) is 2.86. The van der Waals surface area contributed by atoms with Gasteiger partial charge in [-0.25, -0.2) is 4.79 Å². The number of carbonyl (C=O) groups is 2. The molecule has 112 valence electrons. The van der Waals surface area contributed by atoms with E-state index in [2.05, 4.69) is 0 Å². The fraction of sp³-hybridized carbons (Fsp3) is 0.500. The van der Waals surface area contributed by atoms with Gasteiger partial charge in [-0.15, -0.1) is 0 Å². The van der Waals surface area contributed by atoms with E-state index < -0.39 is 18.0 Å². The van der Waals surface area contributed by atoms with E-state index in [0.717, 1.165) is 24.8 Å². The number of carboxylic acids is 1. The number of fused-ring (bicyclic) bond motifs is 2. The SMILES string of the molecule is O=C(O)C1CN(C(=O)OCc2ccccc2)C2CCC1C2. The van der Waals surface area contributed by atoms with Crippen LogP contribution in [0.2, 0.25) is 0 Å². The maximum absolute atomic E-state index is 12.2. The van der Waals surface area contributed by atoms with Crippen LogP contribution in [0.1, 0.15) is 24.8 Å². The van der Waals surface area contributed by atoms with Crippen LogP contribution in [0.5, 0.6) is 0 Å². The zero-order chi connectivity index (χ0) is 14.8. The predicted octanol–water partition coefficient (Wildman–Crippen LogP) is 2.51. The number of carbonyl (C=O) groups excluding carboxylic acids is 1. The summed E-state index contributed by atoms with van der Waals surface area (Å²) in [4.78, 5) is 25.2. The van der Waals surface area contributed by atoms with Crippen molar-refractivity contribution in [2.75, 3.05) is 6.54 Å². The Bertz CT molecular complexity index is 530. The van der Waals surface area contributed by atoms with Gasteiger partial charge < -0.3 is 14.7 Å². The monoisotopic (exact) mass is 289 g/mol. The van der Waals surface area contributed by atoms with Crippen molar-refractivity contribution in [3.8, 4) is 0 Å². The van der Waals surface area contributed by atoms with Crippen LogP contribution in [0.25, 0.3) is 0 Å². The van der Waals surface area contributed by atoms with Crippen LogP contribution in [0.4, 0.5) is 4.79 Å². The number of rotatable bonds is 3. The number of hydrogen-bond donors (Lipinski definition) is 1. The molecule has 0 spiro atoms. The summed E-state index contributed by atoms with van der Waals surface area (Å²) in [5.41, 5.74) is 0.932. The van der Waals surface area contributed by atoms with Crippen molar-refractivity contribution in [3.05, 3.63) is 35.9 Å². The molecular weight excluding hydrogens is 270 g/mol. The van der Waals surface area contributed by atoms with E-state index in [-0.39, 0.29) is 25.1 Å². The lowest BCUT2D eigenvalue weighted by atomic mass is 9.87. The molecule has 1 N–H and O–H groups in total. The van der Waals surface area contributed by atoms with Crippen LogP contribution < -0.4 is 0 Å². The highest BCUT2D eigenvalue weighted by Gasteiger charge is 2.45. The van der Waals surface area contributed by atoms with E-state index in [0.29, 0.717) is 0 Å². The van der Waals surface area contributed by atoms with Crippen molar-refractivity contribution >= 4 is 12.1 Å². The zero-order valence-electron chi connectivity index (χ0n) is 11.8. The van der Waals surface area contributed by atoms with Crippen molar-refractivity contribution in [1.29, 1.82) is 0 Å². The van der Waals surface area contributed by atoms with Crippen molar-refractivity contribution in [2.24, 2.45) is 11.8 Å². The van der Waals surface area contributed by atoms with Gasteiger partial charge in [-0.05, 0) is 30.7 Å². The lowest BCUT2D eigenvalue weighted by Gasteiger charge is -2.35.